The molecule has 0 aromatic heterocycles. The number of ether oxygens (including phenoxy) is 1. The Kier molecular flexibility index (Phi) is 3.76. The number of fused-ring (bicyclic) bond motifs is 1. The van der Waals surface area contributed by atoms with Crippen LogP contribution in [0.1, 0.15) is 37.8 Å². The van der Waals surface area contributed by atoms with Crippen molar-refractivity contribution in [3.05, 3.63) is 29.3 Å². The number of nitrogens with zero attached hydrogens (tertiary/aromatic N) is 1. The fraction of sp³-hybridized carbons (Fsp3) is 0.625. The summed E-state index contributed by atoms with van der Waals surface area (Å²) in [4.78, 5) is 2.57. The van der Waals surface area contributed by atoms with Crippen molar-refractivity contribution in [3.8, 4) is 5.75 Å². The van der Waals surface area contributed by atoms with E-state index in [1.807, 2.05) is 0 Å². The molecule has 19 heavy (non-hydrogen) atoms. The van der Waals surface area contributed by atoms with Gasteiger partial charge in [-0.25, -0.2) is 0 Å². The maximum Gasteiger partial charge on any atom is 0.124 e. The molecule has 0 spiro atoms. The third-order valence-corrected chi connectivity index (χ3v) is 4.36. The van der Waals surface area contributed by atoms with Crippen LogP contribution in [0.4, 0.5) is 0 Å². The van der Waals surface area contributed by atoms with Gasteiger partial charge in [0.1, 0.15) is 12.4 Å². The van der Waals surface area contributed by atoms with Crippen molar-refractivity contribution in [2.24, 2.45) is 0 Å². The minimum atomic E-state index is 0.588. The Balaban J connectivity index is 1.65. The van der Waals surface area contributed by atoms with Crippen molar-refractivity contribution in [1.82, 2.24) is 10.2 Å². The maximum absolute atomic E-state index is 6.13. The second kappa shape index (κ2) is 5.51. The largest absolute Gasteiger partial charge is 0.492 e. The summed E-state index contributed by atoms with van der Waals surface area (Å²) in [7, 11) is 0. The number of hydrogen-bond acceptors (Lipinski definition) is 3. The van der Waals surface area contributed by atoms with Gasteiger partial charge in [0.15, 0.2) is 0 Å². The van der Waals surface area contributed by atoms with Crippen LogP contribution in [-0.4, -0.2) is 30.1 Å². The van der Waals surface area contributed by atoms with E-state index in [0.29, 0.717) is 12.1 Å². The first kappa shape index (κ1) is 12.9. The van der Waals surface area contributed by atoms with Crippen LogP contribution in [0.15, 0.2) is 18.2 Å². The molecule has 3 rings (SSSR count). The molecule has 3 heteroatoms. The molecule has 1 atom stereocenters. The molecule has 1 aromatic rings. The molecule has 0 bridgehead atoms. The topological polar surface area (TPSA) is 24.5 Å². The summed E-state index contributed by atoms with van der Waals surface area (Å²) in [5.41, 5.74) is 2.75. The lowest BCUT2D eigenvalue weighted by Gasteiger charge is -2.28. The highest BCUT2D eigenvalue weighted by Crippen LogP contribution is 2.27. The van der Waals surface area contributed by atoms with Gasteiger partial charge in [0.25, 0.3) is 0 Å². The Hall–Kier alpha value is -1.06. The van der Waals surface area contributed by atoms with Gasteiger partial charge in [-0.15, -0.1) is 0 Å². The SMILES string of the molecule is CC(C)N1CCCC1COc1cccc2c1CNC2. The Labute approximate surface area is 115 Å². The van der Waals surface area contributed by atoms with E-state index in [2.05, 4.69) is 42.3 Å². The molecular formula is C16H24N2O. The zero-order valence-corrected chi connectivity index (χ0v) is 12.0. The summed E-state index contributed by atoms with van der Waals surface area (Å²) < 4.78 is 6.13. The number of hydrogen-bond donors (Lipinski definition) is 1. The summed E-state index contributed by atoms with van der Waals surface area (Å²) >= 11 is 0. The molecule has 1 saturated heterocycles. The minimum Gasteiger partial charge on any atom is -0.492 e. The first-order chi connectivity index (χ1) is 9.25. The smallest absolute Gasteiger partial charge is 0.124 e. The molecule has 1 N–H and O–H groups in total. The standard InChI is InChI=1S/C16H24N2O/c1-12(2)18-8-4-6-14(18)11-19-16-7-3-5-13-9-17-10-15(13)16/h3,5,7,12,14,17H,4,6,8-11H2,1-2H3. The predicted molar refractivity (Wildman–Crippen MR) is 77.3 cm³/mol. The Morgan fingerprint density at radius 1 is 1.37 bits per heavy atom. The molecule has 3 nitrogen and oxygen atoms in total. The molecule has 2 aliphatic rings. The highest BCUT2D eigenvalue weighted by atomic mass is 16.5. The molecule has 0 aliphatic carbocycles. The van der Waals surface area contributed by atoms with E-state index in [-0.39, 0.29) is 0 Å². The van der Waals surface area contributed by atoms with Crippen molar-refractivity contribution >= 4 is 0 Å². The van der Waals surface area contributed by atoms with Crippen molar-refractivity contribution in [2.75, 3.05) is 13.2 Å². The zero-order chi connectivity index (χ0) is 13.2. The molecule has 1 unspecified atom stereocenters. The van der Waals surface area contributed by atoms with Gasteiger partial charge < -0.3 is 10.1 Å². The molecule has 1 fully saturated rings. The van der Waals surface area contributed by atoms with Gasteiger partial charge in [0, 0.05) is 30.7 Å². The van der Waals surface area contributed by atoms with Gasteiger partial charge in [0.2, 0.25) is 0 Å². The van der Waals surface area contributed by atoms with Crippen molar-refractivity contribution in [3.63, 3.8) is 0 Å². The monoisotopic (exact) mass is 260 g/mol. The number of benzene rings is 1. The number of nitrogens with one attached hydrogen (secondary N) is 1. The van der Waals surface area contributed by atoms with Crippen molar-refractivity contribution in [1.29, 1.82) is 0 Å². The summed E-state index contributed by atoms with van der Waals surface area (Å²) in [5, 5.41) is 3.39. The van der Waals surface area contributed by atoms with Gasteiger partial charge in [-0.3, -0.25) is 4.90 Å². The van der Waals surface area contributed by atoms with Crippen molar-refractivity contribution in [2.45, 2.75) is 51.9 Å². The highest BCUT2D eigenvalue weighted by molar-refractivity contribution is 5.42. The first-order valence-corrected chi connectivity index (χ1v) is 7.45. The van der Waals surface area contributed by atoms with Gasteiger partial charge in [-0.2, -0.15) is 0 Å². The van der Waals surface area contributed by atoms with Crippen LogP contribution in [0.2, 0.25) is 0 Å². The molecule has 1 aromatic carbocycles. The van der Waals surface area contributed by atoms with Crippen LogP contribution in [0.5, 0.6) is 5.75 Å². The van der Waals surface area contributed by atoms with Crippen LogP contribution in [0.3, 0.4) is 0 Å². The fourth-order valence-corrected chi connectivity index (χ4v) is 3.34. The van der Waals surface area contributed by atoms with Crippen LogP contribution in [-0.2, 0) is 13.1 Å². The molecule has 2 aliphatic heterocycles. The van der Waals surface area contributed by atoms with E-state index < -0.39 is 0 Å². The Bertz CT molecular complexity index is 444. The van der Waals surface area contributed by atoms with Crippen LogP contribution in [0.25, 0.3) is 0 Å². The average molecular weight is 260 g/mol. The molecule has 0 saturated carbocycles. The quantitative estimate of drug-likeness (QED) is 0.900. The van der Waals surface area contributed by atoms with Crippen molar-refractivity contribution < 1.29 is 4.74 Å². The van der Waals surface area contributed by atoms with Gasteiger partial charge in [-0.1, -0.05) is 12.1 Å². The molecule has 104 valence electrons. The van der Waals surface area contributed by atoms with Crippen LogP contribution < -0.4 is 10.1 Å². The summed E-state index contributed by atoms with van der Waals surface area (Å²) in [6.45, 7) is 8.54. The van der Waals surface area contributed by atoms with Gasteiger partial charge in [-0.05, 0) is 44.9 Å². The summed E-state index contributed by atoms with van der Waals surface area (Å²) in [5.74, 6) is 1.08. The highest BCUT2D eigenvalue weighted by Gasteiger charge is 2.27. The second-order valence-electron chi connectivity index (χ2n) is 5.94. The van der Waals surface area contributed by atoms with Gasteiger partial charge >= 0.3 is 0 Å². The third-order valence-electron chi connectivity index (χ3n) is 4.36. The van der Waals surface area contributed by atoms with E-state index in [4.69, 9.17) is 4.74 Å². The molecule has 0 radical (unpaired) electrons. The van der Waals surface area contributed by atoms with Crippen LogP contribution in [0, 0.1) is 0 Å². The first-order valence-electron chi connectivity index (χ1n) is 7.45. The van der Waals surface area contributed by atoms with E-state index >= 15 is 0 Å². The summed E-state index contributed by atoms with van der Waals surface area (Å²) in [6.07, 6.45) is 2.58. The van der Waals surface area contributed by atoms with E-state index in [1.165, 1.54) is 30.5 Å². The van der Waals surface area contributed by atoms with E-state index in [0.717, 1.165) is 25.4 Å². The lowest BCUT2D eigenvalue weighted by Crippen LogP contribution is -2.39. The molecular weight excluding hydrogens is 236 g/mol. The molecule has 0 amide bonds. The third kappa shape index (κ3) is 2.63. The van der Waals surface area contributed by atoms with E-state index in [9.17, 15) is 0 Å². The zero-order valence-electron chi connectivity index (χ0n) is 12.0. The van der Waals surface area contributed by atoms with E-state index in [1.54, 1.807) is 0 Å². The fourth-order valence-electron chi connectivity index (χ4n) is 3.34. The number of likely N-dealkylation sites (tertiary alicyclic amines) is 1. The van der Waals surface area contributed by atoms with Crippen LogP contribution >= 0.6 is 0 Å². The lowest BCUT2D eigenvalue weighted by atomic mass is 10.1. The summed E-state index contributed by atoms with van der Waals surface area (Å²) in [6, 6.07) is 7.62. The Morgan fingerprint density at radius 3 is 3.11 bits per heavy atom. The normalized spacial score (nSPS) is 23.0. The lowest BCUT2D eigenvalue weighted by molar-refractivity contribution is 0.143. The Morgan fingerprint density at radius 2 is 2.26 bits per heavy atom. The predicted octanol–water partition coefficient (Wildman–Crippen LogP) is 2.54. The number of rotatable bonds is 4. The van der Waals surface area contributed by atoms with Gasteiger partial charge in [0.05, 0.1) is 0 Å². The average Bonchev–Trinajstić information content (AvgIpc) is 3.04. The molecule has 2 heterocycles. The minimum absolute atomic E-state index is 0.588. The maximum atomic E-state index is 6.13. The second-order valence-corrected chi connectivity index (χ2v) is 5.94.